The van der Waals surface area contributed by atoms with Gasteiger partial charge in [0.15, 0.2) is 0 Å². The quantitative estimate of drug-likeness (QED) is 0.239. The molecule has 0 rings (SSSR count). The van der Waals surface area contributed by atoms with E-state index in [1.165, 1.54) is 51.4 Å². The van der Waals surface area contributed by atoms with Crippen molar-refractivity contribution >= 4 is 10.1 Å². The molecule has 7 heteroatoms. The van der Waals surface area contributed by atoms with E-state index in [0.29, 0.717) is 0 Å². The predicted octanol–water partition coefficient (Wildman–Crippen LogP) is 1.07. The van der Waals surface area contributed by atoms with E-state index < -0.39 is 28.6 Å². The number of aliphatic hydroxyl groups is 1. The van der Waals surface area contributed by atoms with Gasteiger partial charge in [-0.15, -0.1) is 0 Å². The maximum absolute atomic E-state index is 10.8. The molecule has 5 nitrogen and oxygen atoms in total. The molecule has 0 fully saturated rings. The smallest absolute Gasteiger partial charge is 1.00 e. The Bertz CT molecular complexity index is 368. The zero-order chi connectivity index (χ0) is 17.6. The van der Waals surface area contributed by atoms with E-state index in [4.69, 9.17) is 14.4 Å². The van der Waals surface area contributed by atoms with Crippen LogP contribution in [0.1, 0.15) is 85.9 Å². The minimum absolute atomic E-state index is 0. The summed E-state index contributed by atoms with van der Waals surface area (Å²) in [6.45, 7) is 3.71. The fraction of sp³-hybridized carbons (Fsp3) is 1.00. The van der Waals surface area contributed by atoms with Gasteiger partial charge in [0.1, 0.15) is 5.75 Å². The summed E-state index contributed by atoms with van der Waals surface area (Å²) in [5.74, 6) is -0.550. The number of hydrogen-bond donors (Lipinski definition) is 2. The summed E-state index contributed by atoms with van der Waals surface area (Å²) < 4.78 is 35.8. The van der Waals surface area contributed by atoms with Gasteiger partial charge in [-0.1, -0.05) is 71.1 Å². The van der Waals surface area contributed by atoms with Gasteiger partial charge >= 0.3 is 29.6 Å². The third-order valence-electron chi connectivity index (χ3n) is 3.99. The molecule has 0 aliphatic rings. The van der Waals surface area contributed by atoms with Crippen LogP contribution in [0.5, 0.6) is 0 Å². The van der Waals surface area contributed by atoms with E-state index in [0.717, 1.165) is 19.3 Å². The molecule has 0 amide bonds. The maximum atomic E-state index is 10.8. The van der Waals surface area contributed by atoms with E-state index >= 15 is 0 Å². The predicted molar refractivity (Wildman–Crippen MR) is 95.4 cm³/mol. The van der Waals surface area contributed by atoms with E-state index in [2.05, 4.69) is 6.92 Å². The number of unbranched alkanes of at least 4 members (excludes halogenated alkanes) is 9. The molecule has 0 aromatic heterocycles. The van der Waals surface area contributed by atoms with E-state index in [9.17, 15) is 8.42 Å². The molecule has 2 unspecified atom stereocenters. The van der Waals surface area contributed by atoms with Crippen molar-refractivity contribution in [1.82, 2.24) is 0 Å². The third kappa shape index (κ3) is 19.2. The van der Waals surface area contributed by atoms with Crippen molar-refractivity contribution in [3.8, 4) is 0 Å². The monoisotopic (exact) mass is 376 g/mol. The van der Waals surface area contributed by atoms with Crippen LogP contribution in [-0.4, -0.2) is 42.6 Å². The Balaban J connectivity index is -0.00000242. The molecule has 0 aromatic carbocycles. The second kappa shape index (κ2) is 17.3. The Hall–Kier alpha value is 0.830. The average molecular weight is 377 g/mol. The summed E-state index contributed by atoms with van der Waals surface area (Å²) in [4.78, 5) is 0. The Labute approximate surface area is 172 Å². The fourth-order valence-electron chi connectivity index (χ4n) is 2.69. The van der Waals surface area contributed by atoms with Crippen molar-refractivity contribution in [2.75, 3.05) is 12.4 Å². The zero-order valence-electron chi connectivity index (χ0n) is 16.9. The largest absolute Gasteiger partial charge is 1.00 e. The Morgan fingerprint density at radius 2 is 1.42 bits per heavy atom. The SMILES string of the molecule is CCCCCCCCCCCCC(C)OC(CO)CS(=O)(=O)O.[H-].[Na+]. The normalized spacial score (nSPS) is 14.2. The summed E-state index contributed by atoms with van der Waals surface area (Å²) in [7, 11) is -4.11. The van der Waals surface area contributed by atoms with Crippen LogP contribution in [-0.2, 0) is 14.9 Å². The molecule has 2 N–H and O–H groups in total. The van der Waals surface area contributed by atoms with Crippen molar-refractivity contribution in [3.63, 3.8) is 0 Å². The zero-order valence-corrected chi connectivity index (χ0v) is 18.7. The van der Waals surface area contributed by atoms with Crippen LogP contribution in [0.2, 0.25) is 0 Å². The van der Waals surface area contributed by atoms with Gasteiger partial charge in [0.05, 0.1) is 18.8 Å². The molecule has 2 atom stereocenters. The van der Waals surface area contributed by atoms with Gasteiger partial charge < -0.3 is 11.3 Å². The second-order valence-corrected chi connectivity index (χ2v) is 7.97. The summed E-state index contributed by atoms with van der Waals surface area (Å²) in [5, 5.41) is 9.08. The Morgan fingerprint density at radius 3 is 1.83 bits per heavy atom. The average Bonchev–Trinajstić information content (AvgIpc) is 2.47. The van der Waals surface area contributed by atoms with Crippen LogP contribution >= 0.6 is 0 Å². The molecule has 0 aromatic rings. The summed E-state index contributed by atoms with van der Waals surface area (Å²) in [5.41, 5.74) is 0. The van der Waals surface area contributed by atoms with Gasteiger partial charge in [-0.2, -0.15) is 8.42 Å². The third-order valence-corrected chi connectivity index (χ3v) is 4.78. The molecular weight excluding hydrogens is 339 g/mol. The molecule has 0 radical (unpaired) electrons. The topological polar surface area (TPSA) is 83.8 Å². The van der Waals surface area contributed by atoms with Crippen LogP contribution in [0.15, 0.2) is 0 Å². The Kier molecular flexibility index (Phi) is 19.4. The minimum Gasteiger partial charge on any atom is -1.00 e. The number of rotatable bonds is 16. The molecule has 0 spiro atoms. The van der Waals surface area contributed by atoms with Gasteiger partial charge in [-0.3, -0.25) is 4.55 Å². The summed E-state index contributed by atoms with van der Waals surface area (Å²) in [6, 6.07) is 0. The number of hydrogen-bond acceptors (Lipinski definition) is 4. The van der Waals surface area contributed by atoms with Crippen LogP contribution < -0.4 is 29.6 Å². The number of ether oxygens (including phenoxy) is 1. The van der Waals surface area contributed by atoms with Crippen molar-refractivity contribution in [2.24, 2.45) is 0 Å². The van der Waals surface area contributed by atoms with Crippen molar-refractivity contribution in [2.45, 2.75) is 96.7 Å². The Morgan fingerprint density at radius 1 is 0.958 bits per heavy atom. The molecule has 0 bridgehead atoms. The molecule has 0 heterocycles. The molecule has 0 saturated carbocycles. The summed E-state index contributed by atoms with van der Waals surface area (Å²) in [6.07, 6.45) is 12.6. The molecule has 0 aliphatic carbocycles. The van der Waals surface area contributed by atoms with Gasteiger partial charge in [0.25, 0.3) is 10.1 Å². The van der Waals surface area contributed by atoms with Crippen LogP contribution in [0.4, 0.5) is 0 Å². The van der Waals surface area contributed by atoms with Crippen molar-refractivity contribution < 1.29 is 53.8 Å². The molecule has 0 aliphatic heterocycles. The maximum Gasteiger partial charge on any atom is 1.00 e. The van der Waals surface area contributed by atoms with Crippen molar-refractivity contribution in [1.29, 1.82) is 0 Å². The van der Waals surface area contributed by atoms with Gasteiger partial charge in [0.2, 0.25) is 0 Å². The first kappa shape index (κ1) is 27.1. The standard InChI is InChI=1S/C17H36O5S.Na.H/c1-3-4-5-6-7-8-9-10-11-12-13-16(2)22-17(14-18)15-23(19,20)21;;/h16-18H,3-15H2,1-2H3,(H,19,20,21);;/q;+1;-1. The van der Waals surface area contributed by atoms with Crippen LogP contribution in [0, 0.1) is 0 Å². The fourth-order valence-corrected chi connectivity index (χ4v) is 3.34. The number of aliphatic hydroxyl groups excluding tert-OH is 1. The first-order chi connectivity index (χ1) is 10.9. The van der Waals surface area contributed by atoms with Gasteiger partial charge in [-0.25, -0.2) is 0 Å². The first-order valence-corrected chi connectivity index (χ1v) is 10.7. The second-order valence-electron chi connectivity index (χ2n) is 6.47. The molecule has 142 valence electrons. The van der Waals surface area contributed by atoms with E-state index in [1.807, 2.05) is 6.92 Å². The summed E-state index contributed by atoms with van der Waals surface area (Å²) >= 11 is 0. The minimum atomic E-state index is -4.11. The van der Waals surface area contributed by atoms with E-state index in [-0.39, 0.29) is 37.1 Å². The van der Waals surface area contributed by atoms with Gasteiger partial charge in [0, 0.05) is 0 Å². The van der Waals surface area contributed by atoms with E-state index in [1.54, 1.807) is 0 Å². The van der Waals surface area contributed by atoms with Crippen molar-refractivity contribution in [3.05, 3.63) is 0 Å². The molecule has 24 heavy (non-hydrogen) atoms. The van der Waals surface area contributed by atoms with Crippen LogP contribution in [0.3, 0.4) is 0 Å². The molecular formula is C17H37NaO5S. The van der Waals surface area contributed by atoms with Crippen LogP contribution in [0.25, 0.3) is 0 Å². The first-order valence-electron chi connectivity index (χ1n) is 9.10. The van der Waals surface area contributed by atoms with Gasteiger partial charge in [-0.05, 0) is 13.3 Å². The molecule has 0 saturated heterocycles.